The Morgan fingerprint density at radius 2 is 1.52 bits per heavy atom. The average molecular weight is 431 g/mol. The Kier molecular flexibility index (Phi) is 4.50. The number of fused-ring (bicyclic) bond motifs is 2. The maximum atomic E-state index is 13.6. The molecule has 0 amide bonds. The number of rotatable bonds is 7. The molecule has 2 heterocycles. The van der Waals surface area contributed by atoms with Crippen molar-refractivity contribution in [2.24, 2.45) is 0 Å². The Hall–Kier alpha value is -1.49. The third-order valence-corrected chi connectivity index (χ3v) is 5.61. The SMILES string of the molecule is Cl.[2H]C([2H])([2H])C([2H])([2H])C([2H])([2H])C([2H])([2H])N1[C@@H]2CC[C@H]1CC(OC(c1ccc(F)cc1)c1ccc(F)cc1)C2. The van der Waals surface area contributed by atoms with Crippen LogP contribution in [0.4, 0.5) is 8.78 Å². The van der Waals surface area contributed by atoms with Crippen LogP contribution in [0.25, 0.3) is 0 Å². The molecule has 0 saturated carbocycles. The minimum absolute atomic E-state index is 0. The summed E-state index contributed by atoms with van der Waals surface area (Å²) in [4.78, 5) is 1.29. The zero-order chi connectivity index (χ0) is 27.4. The third kappa shape index (κ3) is 5.17. The molecule has 2 saturated heterocycles. The Bertz CT molecular complexity index is 1040. The van der Waals surface area contributed by atoms with Gasteiger partial charge in [0.15, 0.2) is 0 Å². The number of hydrogen-bond acceptors (Lipinski definition) is 2. The molecule has 0 spiro atoms. The lowest BCUT2D eigenvalue weighted by Crippen LogP contribution is -2.46. The van der Waals surface area contributed by atoms with Crippen molar-refractivity contribution >= 4 is 12.4 Å². The molecule has 1 unspecified atom stereocenters. The number of hydrogen-bond donors (Lipinski definition) is 0. The monoisotopic (exact) mass is 430 g/mol. The second kappa shape index (κ2) is 10.0. The molecule has 3 atom stereocenters. The van der Waals surface area contributed by atoms with E-state index in [1.807, 2.05) is 0 Å². The number of piperidine rings is 1. The Balaban J connectivity index is 0.00000400. The molecule has 0 aliphatic carbocycles. The summed E-state index contributed by atoms with van der Waals surface area (Å²) in [5, 5.41) is 0. The highest BCUT2D eigenvalue weighted by molar-refractivity contribution is 5.85. The third-order valence-electron chi connectivity index (χ3n) is 5.61. The number of ether oxygens (including phenoxy) is 1. The standard InChI is InChI=1S/C24H29F2NO.ClH/c1-2-3-14-27-21-12-13-22(27)16-23(15-21)28-24(17-4-8-19(25)9-5-17)18-6-10-20(26)11-7-18;/h4-11,21-24H,2-3,12-16H2,1H3;1H/t21-,22+,23?;/i1D3,2D2,3D2,14D2;. The largest absolute Gasteiger partial charge is 0.365 e. The van der Waals surface area contributed by atoms with Gasteiger partial charge in [-0.25, -0.2) is 8.78 Å². The second-order valence-corrected chi connectivity index (χ2v) is 7.37. The van der Waals surface area contributed by atoms with Gasteiger partial charge in [0.25, 0.3) is 0 Å². The molecular formula is C24H30ClF2NO. The van der Waals surface area contributed by atoms with Gasteiger partial charge in [0.1, 0.15) is 17.7 Å². The molecule has 2 bridgehead atoms. The van der Waals surface area contributed by atoms with E-state index in [1.54, 1.807) is 24.3 Å². The number of benzene rings is 2. The highest BCUT2D eigenvalue weighted by Gasteiger charge is 2.41. The summed E-state index contributed by atoms with van der Waals surface area (Å²) in [5.74, 6) is -0.831. The lowest BCUT2D eigenvalue weighted by Gasteiger charge is -2.40. The zero-order valence-corrected chi connectivity index (χ0v) is 16.6. The fourth-order valence-corrected chi connectivity index (χ4v) is 4.33. The van der Waals surface area contributed by atoms with Gasteiger partial charge < -0.3 is 4.74 Å². The van der Waals surface area contributed by atoms with Crippen molar-refractivity contribution in [3.63, 3.8) is 0 Å². The van der Waals surface area contributed by atoms with Gasteiger partial charge in [-0.1, -0.05) is 37.5 Å². The van der Waals surface area contributed by atoms with E-state index < -0.39 is 62.0 Å². The molecule has 2 aromatic rings. The zero-order valence-electron chi connectivity index (χ0n) is 24.8. The lowest BCUT2D eigenvalue weighted by molar-refractivity contribution is -0.0483. The van der Waals surface area contributed by atoms with Crippen LogP contribution in [0.15, 0.2) is 48.5 Å². The van der Waals surface area contributed by atoms with E-state index in [0.717, 1.165) is 0 Å². The Morgan fingerprint density at radius 1 is 1.00 bits per heavy atom. The molecule has 4 rings (SSSR count). The molecule has 0 radical (unpaired) electrons. The molecule has 5 heteroatoms. The van der Waals surface area contributed by atoms with Crippen molar-refractivity contribution in [3.8, 4) is 0 Å². The Labute approximate surface area is 191 Å². The maximum absolute atomic E-state index is 13.6. The summed E-state index contributed by atoms with van der Waals surface area (Å²) < 4.78 is 106. The first-order valence-corrected chi connectivity index (χ1v) is 9.51. The lowest BCUT2D eigenvalue weighted by atomic mass is 9.97. The first-order valence-electron chi connectivity index (χ1n) is 14.0. The predicted molar refractivity (Wildman–Crippen MR) is 114 cm³/mol. The second-order valence-electron chi connectivity index (χ2n) is 7.37. The van der Waals surface area contributed by atoms with Gasteiger partial charge >= 0.3 is 0 Å². The molecule has 2 nitrogen and oxygen atoms in total. The molecule has 0 N–H and O–H groups in total. The van der Waals surface area contributed by atoms with E-state index in [2.05, 4.69) is 0 Å². The van der Waals surface area contributed by atoms with Gasteiger partial charge in [0, 0.05) is 24.4 Å². The van der Waals surface area contributed by atoms with Gasteiger partial charge in [-0.05, 0) is 73.9 Å². The van der Waals surface area contributed by atoms with Crippen molar-refractivity contribution in [1.29, 1.82) is 0 Å². The van der Waals surface area contributed by atoms with E-state index in [0.29, 0.717) is 36.8 Å². The molecule has 2 aromatic carbocycles. The van der Waals surface area contributed by atoms with Crippen LogP contribution in [-0.4, -0.2) is 29.6 Å². The van der Waals surface area contributed by atoms with E-state index in [9.17, 15) is 8.78 Å². The van der Waals surface area contributed by atoms with Crippen LogP contribution < -0.4 is 0 Å². The molecular weight excluding hydrogens is 392 g/mol. The van der Waals surface area contributed by atoms with Crippen LogP contribution in [0.2, 0.25) is 0 Å². The van der Waals surface area contributed by atoms with Gasteiger partial charge in [-0.2, -0.15) is 0 Å². The normalized spacial score (nSPS) is 30.4. The topological polar surface area (TPSA) is 12.5 Å². The quantitative estimate of drug-likeness (QED) is 0.511. The molecule has 2 aliphatic heterocycles. The van der Waals surface area contributed by atoms with Gasteiger partial charge in [-0.15, -0.1) is 12.4 Å². The predicted octanol–water partition coefficient (Wildman–Crippen LogP) is 6.29. The molecule has 0 aromatic heterocycles. The van der Waals surface area contributed by atoms with Crippen molar-refractivity contribution in [2.45, 2.75) is 69.6 Å². The fraction of sp³-hybridized carbons (Fsp3) is 0.500. The first-order chi connectivity index (χ1) is 17.1. The summed E-state index contributed by atoms with van der Waals surface area (Å²) in [5.41, 5.74) is 1.31. The van der Waals surface area contributed by atoms with Gasteiger partial charge in [0.05, 0.1) is 6.10 Å². The van der Waals surface area contributed by atoms with Crippen LogP contribution in [0, 0.1) is 11.6 Å². The van der Waals surface area contributed by atoms with Crippen molar-refractivity contribution in [1.82, 2.24) is 4.90 Å². The fourth-order valence-electron chi connectivity index (χ4n) is 4.33. The van der Waals surface area contributed by atoms with Crippen LogP contribution in [0.5, 0.6) is 0 Å². The van der Waals surface area contributed by atoms with E-state index in [-0.39, 0.29) is 12.4 Å². The summed E-state index contributed by atoms with van der Waals surface area (Å²) in [7, 11) is 0. The highest BCUT2D eigenvalue weighted by atomic mass is 35.5. The van der Waals surface area contributed by atoms with Crippen molar-refractivity contribution in [2.75, 3.05) is 6.50 Å². The van der Waals surface area contributed by atoms with Crippen LogP contribution in [-0.2, 0) is 4.74 Å². The Morgan fingerprint density at radius 3 is 2.00 bits per heavy atom. The number of halogens is 3. The summed E-state index contributed by atoms with van der Waals surface area (Å²) in [6.45, 7) is -6.25. The summed E-state index contributed by atoms with van der Waals surface area (Å²) >= 11 is 0. The van der Waals surface area contributed by atoms with E-state index in [4.69, 9.17) is 17.1 Å². The molecule has 2 aliphatic rings. The van der Waals surface area contributed by atoms with Crippen molar-refractivity contribution < 1.29 is 25.9 Å². The molecule has 158 valence electrons. The summed E-state index contributed by atoms with van der Waals surface area (Å²) in [6, 6.07) is 10.5. The minimum atomic E-state index is -3.42. The number of nitrogens with zero attached hydrogens (tertiary/aromatic N) is 1. The highest BCUT2D eigenvalue weighted by Crippen LogP contribution is 2.39. The minimum Gasteiger partial charge on any atom is -0.365 e. The van der Waals surface area contributed by atoms with Crippen LogP contribution in [0.3, 0.4) is 0 Å². The molecule has 29 heavy (non-hydrogen) atoms. The van der Waals surface area contributed by atoms with E-state index in [1.165, 1.54) is 29.2 Å². The molecule has 2 fully saturated rings. The maximum Gasteiger partial charge on any atom is 0.123 e. The average Bonchev–Trinajstić information content (AvgIpc) is 3.09. The van der Waals surface area contributed by atoms with Gasteiger partial charge in [0.2, 0.25) is 0 Å². The smallest absolute Gasteiger partial charge is 0.123 e. The van der Waals surface area contributed by atoms with Crippen molar-refractivity contribution in [3.05, 3.63) is 71.3 Å². The van der Waals surface area contributed by atoms with Crippen LogP contribution in [0.1, 0.15) is 74.8 Å². The van der Waals surface area contributed by atoms with Gasteiger partial charge in [-0.3, -0.25) is 4.90 Å². The summed E-state index contributed by atoms with van der Waals surface area (Å²) in [6.07, 6.45) is -6.14. The first kappa shape index (κ1) is 13.0. The van der Waals surface area contributed by atoms with Crippen LogP contribution >= 0.6 is 12.4 Å². The van der Waals surface area contributed by atoms with E-state index >= 15 is 0 Å².